The molecule has 0 aromatic rings. The molecule has 0 aliphatic rings. The van der Waals surface area contributed by atoms with E-state index in [9.17, 15) is 24.5 Å². The van der Waals surface area contributed by atoms with E-state index in [0.29, 0.717) is 30.3 Å². The van der Waals surface area contributed by atoms with Gasteiger partial charge < -0.3 is 24.9 Å². The molecule has 0 aliphatic heterocycles. The molecule has 10 heteroatoms. The van der Waals surface area contributed by atoms with E-state index in [-0.39, 0.29) is 18.9 Å². The van der Waals surface area contributed by atoms with Gasteiger partial charge >= 0.3 is 7.82 Å². The van der Waals surface area contributed by atoms with Crippen LogP contribution < -0.4 is 5.32 Å². The number of amides is 1. The van der Waals surface area contributed by atoms with Crippen molar-refractivity contribution in [3.63, 3.8) is 0 Å². The third-order valence-corrected chi connectivity index (χ3v) is 10.7. The number of hydrogen-bond acceptors (Lipinski definition) is 6. The topological polar surface area (TPSA) is 125 Å². The molecule has 340 valence electrons. The van der Waals surface area contributed by atoms with E-state index in [4.69, 9.17) is 9.05 Å². The third-order valence-electron chi connectivity index (χ3n) is 9.72. The fraction of sp³-hybridized carbons (Fsp3) is 0.694. The lowest BCUT2D eigenvalue weighted by atomic mass is 10.0. The number of aliphatic hydroxyl groups excluding tert-OH is 2. The summed E-state index contributed by atoms with van der Waals surface area (Å²) >= 11 is 0. The van der Waals surface area contributed by atoms with E-state index in [1.54, 1.807) is 0 Å². The number of phosphoric ester groups is 1. The molecule has 0 saturated carbocycles. The van der Waals surface area contributed by atoms with Gasteiger partial charge in [-0.25, -0.2) is 4.57 Å². The summed E-state index contributed by atoms with van der Waals surface area (Å²) in [6.45, 7) is 4.41. The molecule has 9 nitrogen and oxygen atoms in total. The summed E-state index contributed by atoms with van der Waals surface area (Å²) in [6, 6.07) is -1.07. The predicted molar refractivity (Wildman–Crippen MR) is 250 cm³/mol. The van der Waals surface area contributed by atoms with Gasteiger partial charge in [0.05, 0.1) is 39.9 Å². The Kier molecular flexibility index (Phi) is 38.2. The molecule has 1 amide bonds. The maximum Gasteiger partial charge on any atom is 0.472 e. The molecule has 4 N–H and O–H groups in total. The number of rotatable bonds is 40. The van der Waals surface area contributed by atoms with Crippen molar-refractivity contribution in [2.45, 2.75) is 180 Å². The monoisotopic (exact) mass is 848 g/mol. The van der Waals surface area contributed by atoms with Crippen LogP contribution in [0.2, 0.25) is 0 Å². The Morgan fingerprint density at radius 3 is 1.56 bits per heavy atom. The van der Waals surface area contributed by atoms with Crippen LogP contribution in [0.5, 0.6) is 0 Å². The van der Waals surface area contributed by atoms with Crippen LogP contribution in [0.3, 0.4) is 0 Å². The molecule has 0 aliphatic carbocycles. The van der Waals surface area contributed by atoms with E-state index in [0.717, 1.165) is 77.0 Å². The van der Waals surface area contributed by atoms with Crippen LogP contribution >= 0.6 is 7.82 Å². The smallest absolute Gasteiger partial charge is 0.390 e. The summed E-state index contributed by atoms with van der Waals surface area (Å²) in [5, 5.41) is 24.6. The average molecular weight is 848 g/mol. The molecular weight excluding hydrogens is 760 g/mol. The number of aliphatic hydroxyl groups is 2. The van der Waals surface area contributed by atoms with Crippen LogP contribution in [-0.4, -0.2) is 84.6 Å². The molecular formula is C49H88N2O7P+. The van der Waals surface area contributed by atoms with Gasteiger partial charge in [0.25, 0.3) is 0 Å². The summed E-state index contributed by atoms with van der Waals surface area (Å²) < 4.78 is 23.5. The number of quaternary nitrogens is 1. The first-order valence-corrected chi connectivity index (χ1v) is 24.5. The number of carbonyl (C=O) groups excluding carboxylic acids is 1. The van der Waals surface area contributed by atoms with Crippen molar-refractivity contribution in [1.82, 2.24) is 5.32 Å². The molecule has 0 fully saturated rings. The highest BCUT2D eigenvalue weighted by molar-refractivity contribution is 7.47. The predicted octanol–water partition coefficient (Wildman–Crippen LogP) is 11.9. The number of phosphoric acid groups is 1. The molecule has 4 unspecified atom stereocenters. The van der Waals surface area contributed by atoms with E-state index >= 15 is 0 Å². The van der Waals surface area contributed by atoms with Gasteiger partial charge in [-0.1, -0.05) is 150 Å². The van der Waals surface area contributed by atoms with Crippen LogP contribution in [0.4, 0.5) is 0 Å². The molecule has 0 aromatic carbocycles. The standard InChI is InChI=1S/C49H87N2O7P/c1-6-8-10-12-14-16-18-20-21-22-23-24-25-26-27-28-29-30-32-34-36-38-40-42-48(53)50-46(45-58-59(55,56)57-44-43-51(3,4)5)49(54)47(52)41-39-37-35-33-31-19-17-15-13-11-9-7-2/h8,10,14,16,20-21,23-24,26-27,29-30,33,35,46-47,49,52,54H,6-7,9,11-13,15,17-19,22,25,28,31-32,34,36-45H2,1-5H3,(H-,50,53,55,56)/p+1/b10-8-,16-14-,21-20-,24-23-,27-26-,30-29-,35-33+. The molecule has 0 spiro atoms. The van der Waals surface area contributed by atoms with Gasteiger partial charge in [-0.15, -0.1) is 0 Å². The summed E-state index contributed by atoms with van der Waals surface area (Å²) in [4.78, 5) is 23.2. The zero-order valence-electron chi connectivity index (χ0n) is 38.1. The van der Waals surface area contributed by atoms with E-state index < -0.39 is 32.7 Å². The number of nitrogens with zero attached hydrogens (tertiary/aromatic N) is 1. The summed E-state index contributed by atoms with van der Waals surface area (Å²) in [5.74, 6) is -0.297. The van der Waals surface area contributed by atoms with Gasteiger partial charge in [0.15, 0.2) is 0 Å². The number of carbonyl (C=O) groups is 1. The van der Waals surface area contributed by atoms with Crippen LogP contribution in [0.15, 0.2) is 85.1 Å². The molecule has 4 atom stereocenters. The van der Waals surface area contributed by atoms with Crippen molar-refractivity contribution < 1.29 is 38.0 Å². The quantitative estimate of drug-likeness (QED) is 0.0209. The van der Waals surface area contributed by atoms with E-state index in [1.165, 1.54) is 44.9 Å². The highest BCUT2D eigenvalue weighted by atomic mass is 31.2. The lowest BCUT2D eigenvalue weighted by molar-refractivity contribution is -0.870. The Hall–Kier alpha value is -2.36. The van der Waals surface area contributed by atoms with Crippen LogP contribution in [0.1, 0.15) is 162 Å². The Morgan fingerprint density at radius 2 is 1.05 bits per heavy atom. The lowest BCUT2D eigenvalue weighted by Crippen LogP contribution is -2.51. The number of unbranched alkanes of at least 4 members (excludes halogenated alkanes) is 12. The first kappa shape index (κ1) is 56.6. The Balaban J connectivity index is 4.54. The van der Waals surface area contributed by atoms with Gasteiger partial charge in [-0.3, -0.25) is 13.8 Å². The summed E-state index contributed by atoms with van der Waals surface area (Å²) in [7, 11) is 1.38. The van der Waals surface area contributed by atoms with Gasteiger partial charge in [-0.05, 0) is 89.9 Å². The second-order valence-corrected chi connectivity index (χ2v) is 18.0. The van der Waals surface area contributed by atoms with Crippen molar-refractivity contribution >= 4 is 13.7 Å². The zero-order valence-corrected chi connectivity index (χ0v) is 39.0. The fourth-order valence-electron chi connectivity index (χ4n) is 6.03. The van der Waals surface area contributed by atoms with Crippen molar-refractivity contribution in [3.05, 3.63) is 85.1 Å². The second-order valence-electron chi connectivity index (χ2n) is 16.5. The minimum Gasteiger partial charge on any atom is -0.390 e. The van der Waals surface area contributed by atoms with Crippen molar-refractivity contribution in [1.29, 1.82) is 0 Å². The molecule has 0 bridgehead atoms. The summed E-state index contributed by atoms with van der Waals surface area (Å²) in [5.41, 5.74) is 0. The molecule has 0 heterocycles. The van der Waals surface area contributed by atoms with Crippen molar-refractivity contribution in [2.24, 2.45) is 0 Å². The maximum atomic E-state index is 12.9. The first-order chi connectivity index (χ1) is 28.4. The van der Waals surface area contributed by atoms with Gasteiger partial charge in [0.2, 0.25) is 5.91 Å². The highest BCUT2D eigenvalue weighted by Gasteiger charge is 2.31. The van der Waals surface area contributed by atoms with Crippen LogP contribution in [0, 0.1) is 0 Å². The molecule has 59 heavy (non-hydrogen) atoms. The molecule has 0 saturated heterocycles. The minimum atomic E-state index is -4.44. The van der Waals surface area contributed by atoms with E-state index in [1.807, 2.05) is 21.1 Å². The Bertz CT molecular complexity index is 1250. The van der Waals surface area contributed by atoms with Crippen LogP contribution in [0.25, 0.3) is 0 Å². The van der Waals surface area contributed by atoms with Gasteiger partial charge in [0.1, 0.15) is 19.3 Å². The number of allylic oxidation sites excluding steroid dienone is 14. The fourth-order valence-corrected chi connectivity index (χ4v) is 6.76. The number of hydrogen-bond donors (Lipinski definition) is 4. The Morgan fingerprint density at radius 1 is 0.610 bits per heavy atom. The second kappa shape index (κ2) is 39.8. The largest absolute Gasteiger partial charge is 0.472 e. The SMILES string of the molecule is CC/C=C\C/C=C\C/C=C\C/C=C\C/C=C\C/C=C\CCCCCCC(=O)NC(COP(=O)(O)OCC[N+](C)(C)C)C(O)C(O)CCC/C=C/CCCCCCCCC. The summed E-state index contributed by atoms with van der Waals surface area (Å²) in [6.07, 6.45) is 50.8. The molecule has 0 aromatic heterocycles. The third kappa shape index (κ3) is 40.8. The van der Waals surface area contributed by atoms with Crippen molar-refractivity contribution in [2.75, 3.05) is 40.9 Å². The number of nitrogens with one attached hydrogen (secondary N) is 1. The average Bonchev–Trinajstić information content (AvgIpc) is 3.19. The van der Waals surface area contributed by atoms with Gasteiger partial charge in [-0.2, -0.15) is 0 Å². The van der Waals surface area contributed by atoms with Crippen LogP contribution in [-0.2, 0) is 18.4 Å². The maximum absolute atomic E-state index is 12.9. The minimum absolute atomic E-state index is 0.00600. The zero-order chi connectivity index (χ0) is 43.7. The Labute approximate surface area is 361 Å². The van der Waals surface area contributed by atoms with E-state index in [2.05, 4.69) is 104 Å². The van der Waals surface area contributed by atoms with Gasteiger partial charge in [0, 0.05) is 6.42 Å². The molecule has 0 rings (SSSR count). The number of likely N-dealkylation sites (N-methyl/N-ethyl adjacent to an activating group) is 1. The van der Waals surface area contributed by atoms with Crippen molar-refractivity contribution in [3.8, 4) is 0 Å². The first-order valence-electron chi connectivity index (χ1n) is 23.0. The normalized spacial score (nSPS) is 15.6. The highest BCUT2D eigenvalue weighted by Crippen LogP contribution is 2.43. The lowest BCUT2D eigenvalue weighted by Gasteiger charge is -2.28. The molecule has 0 radical (unpaired) electrons.